The number of benzene rings is 2. The van der Waals surface area contributed by atoms with Gasteiger partial charge in [-0.2, -0.15) is 0 Å². The van der Waals surface area contributed by atoms with Crippen molar-refractivity contribution in [3.05, 3.63) is 60.7 Å². The molecule has 2 rings (SSSR count). The van der Waals surface area contributed by atoms with Crippen LogP contribution in [0.4, 0.5) is 0 Å². The smallest absolute Gasteiger partial charge is 0.261 e. The number of aldehydes is 1. The predicted molar refractivity (Wildman–Crippen MR) is 117 cm³/mol. The van der Waals surface area contributed by atoms with Gasteiger partial charge in [0.2, 0.25) is 0 Å². The quantitative estimate of drug-likeness (QED) is 0.459. The van der Waals surface area contributed by atoms with Crippen LogP contribution in [0, 0.1) is 11.8 Å². The van der Waals surface area contributed by atoms with Gasteiger partial charge in [-0.05, 0) is 27.8 Å². The van der Waals surface area contributed by atoms with Crippen molar-refractivity contribution < 1.29 is 9.22 Å². The summed E-state index contributed by atoms with van der Waals surface area (Å²) in [7, 11) is -2.48. The molecule has 2 nitrogen and oxygen atoms in total. The van der Waals surface area contributed by atoms with Gasteiger partial charge in [0.25, 0.3) is 8.32 Å². The normalized spacial score (nSPS) is 14.6. The molecule has 0 saturated heterocycles. The van der Waals surface area contributed by atoms with Gasteiger partial charge in [-0.1, -0.05) is 102 Å². The number of carbonyl (C=O) groups is 1. The lowest BCUT2D eigenvalue weighted by atomic mass is 9.95. The topological polar surface area (TPSA) is 26.3 Å². The van der Waals surface area contributed by atoms with Crippen LogP contribution in [0.15, 0.2) is 60.7 Å². The fraction of sp³-hybridized carbons (Fsp3) is 0.458. The van der Waals surface area contributed by atoms with Crippen LogP contribution >= 0.6 is 0 Å². The third-order valence-electron chi connectivity index (χ3n) is 5.47. The monoisotopic (exact) mass is 382 g/mol. The molecule has 2 aromatic rings. The second kappa shape index (κ2) is 9.47. The Morgan fingerprint density at radius 2 is 1.44 bits per heavy atom. The molecule has 0 aromatic heterocycles. The lowest BCUT2D eigenvalue weighted by Crippen LogP contribution is -2.66. The van der Waals surface area contributed by atoms with E-state index in [4.69, 9.17) is 4.43 Å². The van der Waals surface area contributed by atoms with Crippen LogP contribution in [0.2, 0.25) is 5.04 Å². The van der Waals surface area contributed by atoms with Gasteiger partial charge in [-0.3, -0.25) is 0 Å². The molecule has 146 valence electrons. The summed E-state index contributed by atoms with van der Waals surface area (Å²) < 4.78 is 6.99. The summed E-state index contributed by atoms with van der Waals surface area (Å²) in [5.74, 6) is 0.476. The Morgan fingerprint density at radius 3 is 1.81 bits per heavy atom. The van der Waals surface area contributed by atoms with E-state index in [-0.39, 0.29) is 11.0 Å². The summed E-state index contributed by atoms with van der Waals surface area (Å²) in [6.07, 6.45) is 2.97. The van der Waals surface area contributed by atoms with Gasteiger partial charge in [0.1, 0.15) is 6.29 Å². The molecule has 0 aliphatic heterocycles. The standard InChI is InChI=1S/C24H34O2Si/c1-6-21(17-20(2)18-25)19-26-27(24(3,4)5,22-13-9-7-10-14-22)23-15-11-8-12-16-23/h7-16,18,20-21H,6,17,19H2,1-5H3/t20-,21+/m0/s1. The lowest BCUT2D eigenvalue weighted by molar-refractivity contribution is -0.111. The molecule has 0 unspecified atom stereocenters. The van der Waals surface area contributed by atoms with Crippen LogP contribution in [-0.4, -0.2) is 21.2 Å². The van der Waals surface area contributed by atoms with E-state index in [9.17, 15) is 4.79 Å². The van der Waals surface area contributed by atoms with E-state index in [0.29, 0.717) is 12.5 Å². The van der Waals surface area contributed by atoms with Gasteiger partial charge >= 0.3 is 0 Å². The largest absolute Gasteiger partial charge is 0.407 e. The SMILES string of the molecule is CC[C@@H](CO[Si](c1ccccc1)(c1ccccc1)C(C)(C)C)C[C@H](C)C=O. The summed E-state index contributed by atoms with van der Waals surface area (Å²) in [6.45, 7) is 11.8. The zero-order chi connectivity index (χ0) is 19.9. The summed E-state index contributed by atoms with van der Waals surface area (Å²) in [5, 5.41) is 2.61. The molecule has 3 heteroatoms. The molecular formula is C24H34O2Si. The van der Waals surface area contributed by atoms with Crippen LogP contribution in [0.5, 0.6) is 0 Å². The van der Waals surface area contributed by atoms with Crippen molar-refractivity contribution in [3.63, 3.8) is 0 Å². The lowest BCUT2D eigenvalue weighted by Gasteiger charge is -2.43. The van der Waals surface area contributed by atoms with Gasteiger partial charge in [0.15, 0.2) is 0 Å². The third-order valence-corrected chi connectivity index (χ3v) is 10.5. The van der Waals surface area contributed by atoms with Crippen LogP contribution < -0.4 is 10.4 Å². The van der Waals surface area contributed by atoms with E-state index in [1.54, 1.807) is 0 Å². The minimum Gasteiger partial charge on any atom is -0.407 e. The highest BCUT2D eigenvalue weighted by Crippen LogP contribution is 2.37. The van der Waals surface area contributed by atoms with Crippen molar-refractivity contribution in [1.82, 2.24) is 0 Å². The molecule has 0 N–H and O–H groups in total. The maximum absolute atomic E-state index is 11.1. The van der Waals surface area contributed by atoms with E-state index in [2.05, 4.69) is 88.4 Å². The van der Waals surface area contributed by atoms with E-state index in [1.807, 2.05) is 6.92 Å². The zero-order valence-electron chi connectivity index (χ0n) is 17.4. The third kappa shape index (κ3) is 4.97. The molecule has 0 aliphatic rings. The average Bonchev–Trinajstić information content (AvgIpc) is 2.67. The minimum atomic E-state index is -2.48. The van der Waals surface area contributed by atoms with Gasteiger partial charge in [0, 0.05) is 12.5 Å². The molecule has 0 spiro atoms. The van der Waals surface area contributed by atoms with Crippen molar-refractivity contribution in [2.24, 2.45) is 11.8 Å². The molecule has 0 heterocycles. The van der Waals surface area contributed by atoms with Gasteiger partial charge < -0.3 is 9.22 Å². The number of hydrogen-bond acceptors (Lipinski definition) is 2. The highest BCUT2D eigenvalue weighted by molar-refractivity contribution is 6.99. The maximum atomic E-state index is 11.1. The Labute approximate surface area is 166 Å². The summed E-state index contributed by atoms with van der Waals surface area (Å²) in [4.78, 5) is 11.1. The van der Waals surface area contributed by atoms with Crippen molar-refractivity contribution in [3.8, 4) is 0 Å². The fourth-order valence-corrected chi connectivity index (χ4v) is 8.58. The van der Waals surface area contributed by atoms with Crippen molar-refractivity contribution >= 4 is 25.0 Å². The Bertz CT molecular complexity index is 652. The second-order valence-electron chi connectivity index (χ2n) is 8.60. The maximum Gasteiger partial charge on any atom is 0.261 e. The van der Waals surface area contributed by atoms with E-state index >= 15 is 0 Å². The first-order chi connectivity index (χ1) is 12.8. The first-order valence-corrected chi connectivity index (χ1v) is 12.0. The number of rotatable bonds is 9. The van der Waals surface area contributed by atoms with Crippen molar-refractivity contribution in [2.75, 3.05) is 6.61 Å². The Kier molecular flexibility index (Phi) is 7.57. The van der Waals surface area contributed by atoms with Gasteiger partial charge in [0.05, 0.1) is 0 Å². The molecule has 0 aliphatic carbocycles. The second-order valence-corrected chi connectivity index (χ2v) is 12.9. The summed E-state index contributed by atoms with van der Waals surface area (Å²) in [6, 6.07) is 21.5. The summed E-state index contributed by atoms with van der Waals surface area (Å²) in [5.41, 5.74) is 0. The minimum absolute atomic E-state index is 0.00965. The summed E-state index contributed by atoms with van der Waals surface area (Å²) >= 11 is 0. The molecule has 2 aromatic carbocycles. The molecule has 0 bridgehead atoms. The molecule has 0 fully saturated rings. The van der Waals surface area contributed by atoms with E-state index < -0.39 is 8.32 Å². The molecular weight excluding hydrogens is 348 g/mol. The molecule has 2 atom stereocenters. The average molecular weight is 383 g/mol. The van der Waals surface area contributed by atoms with Crippen LogP contribution in [0.3, 0.4) is 0 Å². The Morgan fingerprint density at radius 1 is 0.963 bits per heavy atom. The van der Waals surface area contributed by atoms with Crippen LogP contribution in [-0.2, 0) is 9.22 Å². The van der Waals surface area contributed by atoms with Gasteiger partial charge in [-0.15, -0.1) is 0 Å². The molecule has 0 amide bonds. The van der Waals surface area contributed by atoms with E-state index in [0.717, 1.165) is 19.1 Å². The highest BCUT2D eigenvalue weighted by Gasteiger charge is 2.50. The molecule has 27 heavy (non-hydrogen) atoms. The zero-order valence-corrected chi connectivity index (χ0v) is 18.4. The Hall–Kier alpha value is -1.71. The number of carbonyl (C=O) groups excluding carboxylic acids is 1. The van der Waals surface area contributed by atoms with E-state index in [1.165, 1.54) is 10.4 Å². The number of hydrogen-bond donors (Lipinski definition) is 0. The molecule has 0 radical (unpaired) electrons. The van der Waals surface area contributed by atoms with Crippen molar-refractivity contribution in [2.45, 2.75) is 52.5 Å². The molecule has 0 saturated carbocycles. The highest BCUT2D eigenvalue weighted by atomic mass is 28.4. The first kappa shape index (κ1) is 21.6. The van der Waals surface area contributed by atoms with Crippen molar-refractivity contribution in [1.29, 1.82) is 0 Å². The fourth-order valence-electron chi connectivity index (χ4n) is 3.94. The van der Waals surface area contributed by atoms with Crippen LogP contribution in [0.25, 0.3) is 0 Å². The Balaban J connectivity index is 2.47. The predicted octanol–water partition coefficient (Wildman–Crippen LogP) is 4.81. The van der Waals surface area contributed by atoms with Crippen LogP contribution in [0.1, 0.15) is 47.5 Å². The van der Waals surface area contributed by atoms with Gasteiger partial charge in [-0.25, -0.2) is 0 Å². The first-order valence-electron chi connectivity index (χ1n) is 10.1.